The van der Waals surface area contributed by atoms with Crippen molar-refractivity contribution in [1.29, 1.82) is 0 Å². The van der Waals surface area contributed by atoms with E-state index < -0.39 is 0 Å². The molecule has 0 aromatic heterocycles. The SMILES string of the molecule is CC(=O)N1CCSC12CCCN(C(=O)C(C)C)C2. The van der Waals surface area contributed by atoms with Crippen molar-refractivity contribution in [3.8, 4) is 0 Å². The first-order valence-electron chi connectivity index (χ1n) is 6.67. The van der Waals surface area contributed by atoms with Gasteiger partial charge in [0.1, 0.15) is 4.87 Å². The smallest absolute Gasteiger partial charge is 0.225 e. The van der Waals surface area contributed by atoms with Gasteiger partial charge in [0.15, 0.2) is 0 Å². The molecule has 0 aromatic carbocycles. The van der Waals surface area contributed by atoms with Crippen LogP contribution in [0, 0.1) is 5.92 Å². The number of likely N-dealkylation sites (tertiary alicyclic amines) is 1. The molecule has 2 heterocycles. The van der Waals surface area contributed by atoms with Crippen LogP contribution in [0.2, 0.25) is 0 Å². The molecule has 18 heavy (non-hydrogen) atoms. The van der Waals surface area contributed by atoms with E-state index in [-0.39, 0.29) is 22.6 Å². The van der Waals surface area contributed by atoms with Gasteiger partial charge in [-0.25, -0.2) is 0 Å². The van der Waals surface area contributed by atoms with E-state index in [2.05, 4.69) is 0 Å². The fourth-order valence-corrected chi connectivity index (χ4v) is 4.51. The Bertz CT molecular complexity index is 359. The third-order valence-corrected chi connectivity index (χ3v) is 5.27. The lowest BCUT2D eigenvalue weighted by molar-refractivity contribution is -0.141. The van der Waals surface area contributed by atoms with Crippen molar-refractivity contribution in [2.45, 2.75) is 38.5 Å². The van der Waals surface area contributed by atoms with Gasteiger partial charge in [0, 0.05) is 31.7 Å². The minimum Gasteiger partial charge on any atom is -0.339 e. The second-order valence-electron chi connectivity index (χ2n) is 5.48. The molecule has 2 amide bonds. The zero-order valence-electron chi connectivity index (χ0n) is 11.4. The third kappa shape index (κ3) is 2.37. The maximum absolute atomic E-state index is 12.1. The fraction of sp³-hybridized carbons (Fsp3) is 0.846. The summed E-state index contributed by atoms with van der Waals surface area (Å²) in [5.41, 5.74) is 0. The molecule has 5 heteroatoms. The third-order valence-electron chi connectivity index (χ3n) is 3.80. The molecule has 102 valence electrons. The lowest BCUT2D eigenvalue weighted by Crippen LogP contribution is -2.57. The molecule has 1 spiro atoms. The van der Waals surface area contributed by atoms with Crippen molar-refractivity contribution < 1.29 is 9.59 Å². The molecule has 2 aliphatic heterocycles. The van der Waals surface area contributed by atoms with Crippen LogP contribution < -0.4 is 0 Å². The van der Waals surface area contributed by atoms with E-state index in [1.165, 1.54) is 0 Å². The van der Waals surface area contributed by atoms with E-state index in [9.17, 15) is 9.59 Å². The molecule has 0 aromatic rings. The first-order valence-corrected chi connectivity index (χ1v) is 7.66. The number of amides is 2. The summed E-state index contributed by atoms with van der Waals surface area (Å²) in [7, 11) is 0. The molecular formula is C13H22N2O2S. The van der Waals surface area contributed by atoms with E-state index in [0.29, 0.717) is 6.54 Å². The molecule has 0 saturated carbocycles. The molecule has 2 rings (SSSR count). The van der Waals surface area contributed by atoms with Crippen molar-refractivity contribution >= 4 is 23.6 Å². The van der Waals surface area contributed by atoms with Gasteiger partial charge < -0.3 is 9.80 Å². The monoisotopic (exact) mass is 270 g/mol. The van der Waals surface area contributed by atoms with E-state index in [1.54, 1.807) is 6.92 Å². The Balaban J connectivity index is 2.14. The Hall–Kier alpha value is -0.710. The average molecular weight is 270 g/mol. The van der Waals surface area contributed by atoms with Crippen molar-refractivity contribution in [3.05, 3.63) is 0 Å². The number of rotatable bonds is 1. The molecule has 2 saturated heterocycles. The van der Waals surface area contributed by atoms with E-state index >= 15 is 0 Å². The molecule has 2 fully saturated rings. The average Bonchev–Trinajstić information content (AvgIpc) is 2.71. The van der Waals surface area contributed by atoms with Crippen LogP contribution in [0.5, 0.6) is 0 Å². The predicted octanol–water partition coefficient (Wildman–Crippen LogP) is 1.56. The van der Waals surface area contributed by atoms with Crippen molar-refractivity contribution in [2.24, 2.45) is 5.92 Å². The summed E-state index contributed by atoms with van der Waals surface area (Å²) < 4.78 is 0. The van der Waals surface area contributed by atoms with Crippen molar-refractivity contribution in [3.63, 3.8) is 0 Å². The normalized spacial score (nSPS) is 28.2. The van der Waals surface area contributed by atoms with E-state index in [0.717, 1.165) is 31.7 Å². The lowest BCUT2D eigenvalue weighted by Gasteiger charge is -2.45. The molecule has 0 radical (unpaired) electrons. The highest BCUT2D eigenvalue weighted by molar-refractivity contribution is 8.00. The van der Waals surface area contributed by atoms with Crippen LogP contribution in [-0.4, -0.2) is 51.9 Å². The zero-order chi connectivity index (χ0) is 13.3. The summed E-state index contributed by atoms with van der Waals surface area (Å²) >= 11 is 1.85. The number of carbonyl (C=O) groups excluding carboxylic acids is 2. The summed E-state index contributed by atoms with van der Waals surface area (Å²) in [6, 6.07) is 0. The topological polar surface area (TPSA) is 40.6 Å². The maximum Gasteiger partial charge on any atom is 0.225 e. The summed E-state index contributed by atoms with van der Waals surface area (Å²) in [6.45, 7) is 7.88. The van der Waals surface area contributed by atoms with Gasteiger partial charge in [0.05, 0.1) is 6.54 Å². The van der Waals surface area contributed by atoms with Crippen molar-refractivity contribution in [2.75, 3.05) is 25.4 Å². The van der Waals surface area contributed by atoms with Gasteiger partial charge >= 0.3 is 0 Å². The van der Waals surface area contributed by atoms with Gasteiger partial charge in [0.2, 0.25) is 11.8 Å². The Morgan fingerprint density at radius 1 is 1.28 bits per heavy atom. The Kier molecular flexibility index (Phi) is 3.90. The Morgan fingerprint density at radius 2 is 2.00 bits per heavy atom. The van der Waals surface area contributed by atoms with Crippen LogP contribution in [-0.2, 0) is 9.59 Å². The van der Waals surface area contributed by atoms with Gasteiger partial charge in [-0.05, 0) is 12.8 Å². The molecule has 1 unspecified atom stereocenters. The highest BCUT2D eigenvalue weighted by atomic mass is 32.2. The number of hydrogen-bond donors (Lipinski definition) is 0. The van der Waals surface area contributed by atoms with Crippen molar-refractivity contribution in [1.82, 2.24) is 9.80 Å². The second kappa shape index (κ2) is 5.11. The number of piperidine rings is 1. The predicted molar refractivity (Wildman–Crippen MR) is 73.2 cm³/mol. The summed E-state index contributed by atoms with van der Waals surface area (Å²) in [6.07, 6.45) is 2.01. The molecule has 1 atom stereocenters. The minimum absolute atomic E-state index is 0.0392. The van der Waals surface area contributed by atoms with Crippen LogP contribution in [0.4, 0.5) is 0 Å². The van der Waals surface area contributed by atoms with Crippen LogP contribution in [0.3, 0.4) is 0 Å². The van der Waals surface area contributed by atoms with Gasteiger partial charge in [-0.2, -0.15) is 0 Å². The molecule has 0 bridgehead atoms. The van der Waals surface area contributed by atoms with E-state index in [4.69, 9.17) is 0 Å². The Morgan fingerprint density at radius 3 is 2.61 bits per heavy atom. The highest BCUT2D eigenvalue weighted by Gasteiger charge is 2.47. The number of carbonyl (C=O) groups is 2. The number of thioether (sulfide) groups is 1. The highest BCUT2D eigenvalue weighted by Crippen LogP contribution is 2.42. The molecule has 4 nitrogen and oxygen atoms in total. The van der Waals surface area contributed by atoms with Gasteiger partial charge in [0.25, 0.3) is 0 Å². The lowest BCUT2D eigenvalue weighted by atomic mass is 10.0. The quantitative estimate of drug-likeness (QED) is 0.726. The van der Waals surface area contributed by atoms with Crippen LogP contribution in [0.25, 0.3) is 0 Å². The fourth-order valence-electron chi connectivity index (χ4n) is 2.95. The largest absolute Gasteiger partial charge is 0.339 e. The summed E-state index contributed by atoms with van der Waals surface area (Å²) in [4.78, 5) is 27.6. The summed E-state index contributed by atoms with van der Waals surface area (Å²) in [5, 5.41) is 0. The molecular weight excluding hydrogens is 248 g/mol. The minimum atomic E-state index is -0.144. The second-order valence-corrected chi connectivity index (χ2v) is 6.94. The first-order chi connectivity index (χ1) is 8.46. The van der Waals surface area contributed by atoms with Crippen LogP contribution in [0.1, 0.15) is 33.6 Å². The standard InChI is InChI=1S/C13H22N2O2S/c1-10(2)12(17)14-6-4-5-13(9-14)15(11(3)16)7-8-18-13/h10H,4-9H2,1-3H3. The van der Waals surface area contributed by atoms with E-state index in [1.807, 2.05) is 35.4 Å². The molecule has 0 N–H and O–H groups in total. The molecule has 2 aliphatic rings. The van der Waals surface area contributed by atoms with Gasteiger partial charge in [-0.1, -0.05) is 13.8 Å². The van der Waals surface area contributed by atoms with Crippen LogP contribution >= 0.6 is 11.8 Å². The molecule has 0 aliphatic carbocycles. The van der Waals surface area contributed by atoms with Crippen LogP contribution in [0.15, 0.2) is 0 Å². The maximum atomic E-state index is 12.1. The first kappa shape index (κ1) is 13.7. The van der Waals surface area contributed by atoms with Gasteiger partial charge in [-0.15, -0.1) is 11.8 Å². The summed E-state index contributed by atoms with van der Waals surface area (Å²) in [5.74, 6) is 1.38. The zero-order valence-corrected chi connectivity index (χ0v) is 12.3. The number of hydrogen-bond acceptors (Lipinski definition) is 3. The van der Waals surface area contributed by atoms with Gasteiger partial charge in [-0.3, -0.25) is 9.59 Å². The number of nitrogens with zero attached hydrogens (tertiary/aromatic N) is 2. The Labute approximate surface area is 113 Å².